The van der Waals surface area contributed by atoms with Crippen molar-refractivity contribution < 1.29 is 0 Å². The van der Waals surface area contributed by atoms with Crippen LogP contribution in [0.15, 0.2) is 42.5 Å². The molecule has 0 aliphatic heterocycles. The SMILES string of the molecule is CCNC(Cc1ccc(C)cc1)c1cccc(Cl)c1C. The van der Waals surface area contributed by atoms with Gasteiger partial charge in [-0.1, -0.05) is 60.5 Å². The van der Waals surface area contributed by atoms with Crippen LogP contribution in [0.4, 0.5) is 0 Å². The van der Waals surface area contributed by atoms with Gasteiger partial charge in [-0.3, -0.25) is 0 Å². The van der Waals surface area contributed by atoms with E-state index in [1.54, 1.807) is 0 Å². The van der Waals surface area contributed by atoms with Crippen LogP contribution in [0.5, 0.6) is 0 Å². The second kappa shape index (κ2) is 6.92. The molecule has 0 spiro atoms. The summed E-state index contributed by atoms with van der Waals surface area (Å²) in [4.78, 5) is 0. The van der Waals surface area contributed by atoms with Crippen molar-refractivity contribution in [2.75, 3.05) is 6.54 Å². The zero-order valence-electron chi connectivity index (χ0n) is 12.4. The van der Waals surface area contributed by atoms with Crippen LogP contribution in [-0.2, 0) is 6.42 Å². The highest BCUT2D eigenvalue weighted by atomic mass is 35.5. The highest BCUT2D eigenvalue weighted by Crippen LogP contribution is 2.26. The van der Waals surface area contributed by atoms with Crippen LogP contribution >= 0.6 is 11.6 Å². The molecule has 0 aliphatic rings. The zero-order chi connectivity index (χ0) is 14.5. The quantitative estimate of drug-likeness (QED) is 0.829. The monoisotopic (exact) mass is 287 g/mol. The maximum Gasteiger partial charge on any atom is 0.0438 e. The van der Waals surface area contributed by atoms with E-state index in [1.807, 2.05) is 12.1 Å². The molecule has 2 rings (SSSR count). The van der Waals surface area contributed by atoms with E-state index >= 15 is 0 Å². The zero-order valence-corrected chi connectivity index (χ0v) is 13.2. The third-order valence-corrected chi connectivity index (χ3v) is 4.11. The summed E-state index contributed by atoms with van der Waals surface area (Å²) in [5.74, 6) is 0. The molecule has 1 nitrogen and oxygen atoms in total. The molecule has 0 aromatic heterocycles. The van der Waals surface area contributed by atoms with Crippen LogP contribution in [0.25, 0.3) is 0 Å². The summed E-state index contributed by atoms with van der Waals surface area (Å²) in [5.41, 5.74) is 5.11. The molecule has 0 aliphatic carbocycles. The van der Waals surface area contributed by atoms with Gasteiger partial charge in [-0.25, -0.2) is 0 Å². The van der Waals surface area contributed by atoms with Gasteiger partial charge in [-0.2, -0.15) is 0 Å². The van der Waals surface area contributed by atoms with Gasteiger partial charge in [0.25, 0.3) is 0 Å². The molecule has 1 unspecified atom stereocenters. The number of halogens is 1. The maximum absolute atomic E-state index is 6.25. The Balaban J connectivity index is 2.26. The number of aryl methyl sites for hydroxylation is 1. The molecule has 0 radical (unpaired) electrons. The molecule has 1 atom stereocenters. The van der Waals surface area contributed by atoms with E-state index in [0.717, 1.165) is 18.0 Å². The summed E-state index contributed by atoms with van der Waals surface area (Å²) >= 11 is 6.25. The van der Waals surface area contributed by atoms with Gasteiger partial charge in [0, 0.05) is 11.1 Å². The number of rotatable bonds is 5. The highest BCUT2D eigenvalue weighted by Gasteiger charge is 2.14. The van der Waals surface area contributed by atoms with Crippen LogP contribution in [0, 0.1) is 13.8 Å². The van der Waals surface area contributed by atoms with Gasteiger partial charge in [0.05, 0.1) is 0 Å². The number of hydrogen-bond acceptors (Lipinski definition) is 1. The second-order valence-corrected chi connectivity index (χ2v) is 5.66. The number of likely N-dealkylation sites (N-methyl/N-ethyl adjacent to an activating group) is 1. The van der Waals surface area contributed by atoms with E-state index in [2.05, 4.69) is 56.4 Å². The van der Waals surface area contributed by atoms with Crippen molar-refractivity contribution in [2.45, 2.75) is 33.2 Å². The Morgan fingerprint density at radius 1 is 1.05 bits per heavy atom. The second-order valence-electron chi connectivity index (χ2n) is 5.25. The smallest absolute Gasteiger partial charge is 0.0438 e. The van der Waals surface area contributed by atoms with Crippen LogP contribution in [-0.4, -0.2) is 6.54 Å². The van der Waals surface area contributed by atoms with Crippen molar-refractivity contribution in [3.05, 3.63) is 69.7 Å². The lowest BCUT2D eigenvalue weighted by Crippen LogP contribution is -2.23. The molecular formula is C18H22ClN. The highest BCUT2D eigenvalue weighted by molar-refractivity contribution is 6.31. The largest absolute Gasteiger partial charge is 0.310 e. The summed E-state index contributed by atoms with van der Waals surface area (Å²) in [6.07, 6.45) is 0.981. The van der Waals surface area contributed by atoms with E-state index in [4.69, 9.17) is 11.6 Å². The van der Waals surface area contributed by atoms with Crippen molar-refractivity contribution >= 4 is 11.6 Å². The summed E-state index contributed by atoms with van der Waals surface area (Å²) in [6, 6.07) is 15.2. The van der Waals surface area contributed by atoms with E-state index < -0.39 is 0 Å². The minimum atomic E-state index is 0.307. The summed E-state index contributed by atoms with van der Waals surface area (Å²) in [5, 5.41) is 4.41. The normalized spacial score (nSPS) is 12.4. The average molecular weight is 288 g/mol. The number of nitrogens with one attached hydrogen (secondary N) is 1. The molecule has 1 N–H and O–H groups in total. The third kappa shape index (κ3) is 3.62. The Hall–Kier alpha value is -1.31. The Labute approximate surface area is 127 Å². The van der Waals surface area contributed by atoms with Crippen molar-refractivity contribution in [3.8, 4) is 0 Å². The first-order valence-electron chi connectivity index (χ1n) is 7.15. The van der Waals surface area contributed by atoms with Crippen molar-refractivity contribution in [1.29, 1.82) is 0 Å². The molecule has 0 saturated carbocycles. The van der Waals surface area contributed by atoms with Crippen LogP contribution in [0.3, 0.4) is 0 Å². The minimum Gasteiger partial charge on any atom is -0.310 e. The molecule has 20 heavy (non-hydrogen) atoms. The fourth-order valence-electron chi connectivity index (χ4n) is 2.50. The van der Waals surface area contributed by atoms with E-state index in [9.17, 15) is 0 Å². The van der Waals surface area contributed by atoms with Crippen LogP contribution in [0.2, 0.25) is 5.02 Å². The fourth-order valence-corrected chi connectivity index (χ4v) is 2.68. The summed E-state index contributed by atoms with van der Waals surface area (Å²) in [6.45, 7) is 7.30. The molecule has 0 amide bonds. The number of hydrogen-bond donors (Lipinski definition) is 1. The van der Waals surface area contributed by atoms with E-state index in [0.29, 0.717) is 6.04 Å². The average Bonchev–Trinajstić information content (AvgIpc) is 2.44. The van der Waals surface area contributed by atoms with Crippen molar-refractivity contribution in [3.63, 3.8) is 0 Å². The molecular weight excluding hydrogens is 266 g/mol. The topological polar surface area (TPSA) is 12.0 Å². The third-order valence-electron chi connectivity index (χ3n) is 3.70. The van der Waals surface area contributed by atoms with Crippen LogP contribution in [0.1, 0.15) is 35.2 Å². The first-order valence-corrected chi connectivity index (χ1v) is 7.53. The Morgan fingerprint density at radius 3 is 2.40 bits per heavy atom. The molecule has 0 heterocycles. The van der Waals surface area contributed by atoms with Gasteiger partial charge in [0.1, 0.15) is 0 Å². The first-order chi connectivity index (χ1) is 9.61. The van der Waals surface area contributed by atoms with Crippen molar-refractivity contribution in [1.82, 2.24) is 5.32 Å². The lowest BCUT2D eigenvalue weighted by molar-refractivity contribution is 0.547. The molecule has 2 aromatic rings. The maximum atomic E-state index is 6.25. The first kappa shape index (κ1) is 15.1. The van der Waals surface area contributed by atoms with Gasteiger partial charge < -0.3 is 5.32 Å². The number of benzene rings is 2. The standard InChI is InChI=1S/C18H22ClN/c1-4-20-18(12-15-10-8-13(2)9-11-15)16-6-5-7-17(19)14(16)3/h5-11,18,20H,4,12H2,1-3H3. The minimum absolute atomic E-state index is 0.307. The van der Waals surface area contributed by atoms with Gasteiger partial charge in [-0.05, 0) is 49.6 Å². The molecule has 0 saturated heterocycles. The Morgan fingerprint density at radius 2 is 1.75 bits per heavy atom. The fraction of sp³-hybridized carbons (Fsp3) is 0.333. The molecule has 2 aromatic carbocycles. The lowest BCUT2D eigenvalue weighted by Gasteiger charge is -2.21. The Kier molecular flexibility index (Phi) is 5.22. The molecule has 0 fully saturated rings. The van der Waals surface area contributed by atoms with E-state index in [1.165, 1.54) is 22.3 Å². The van der Waals surface area contributed by atoms with Gasteiger partial charge >= 0.3 is 0 Å². The van der Waals surface area contributed by atoms with Gasteiger partial charge in [0.15, 0.2) is 0 Å². The van der Waals surface area contributed by atoms with Gasteiger partial charge in [0.2, 0.25) is 0 Å². The molecule has 2 heteroatoms. The van der Waals surface area contributed by atoms with Crippen LogP contribution < -0.4 is 5.32 Å². The van der Waals surface area contributed by atoms with Crippen molar-refractivity contribution in [2.24, 2.45) is 0 Å². The summed E-state index contributed by atoms with van der Waals surface area (Å²) in [7, 11) is 0. The Bertz CT molecular complexity index is 560. The summed E-state index contributed by atoms with van der Waals surface area (Å²) < 4.78 is 0. The predicted molar refractivity (Wildman–Crippen MR) is 87.5 cm³/mol. The van der Waals surface area contributed by atoms with Gasteiger partial charge in [-0.15, -0.1) is 0 Å². The molecule has 106 valence electrons. The molecule has 0 bridgehead atoms. The van der Waals surface area contributed by atoms with E-state index in [-0.39, 0.29) is 0 Å². The predicted octanol–water partition coefficient (Wildman–Crippen LogP) is 4.85. The lowest BCUT2D eigenvalue weighted by atomic mass is 9.95.